The van der Waals surface area contributed by atoms with Gasteiger partial charge in [-0.25, -0.2) is 0 Å². The van der Waals surface area contributed by atoms with Gasteiger partial charge in [-0.05, 0) is 73.9 Å². The van der Waals surface area contributed by atoms with E-state index in [0.29, 0.717) is 34.2 Å². The average molecular weight is 511 g/mol. The molecule has 1 aliphatic rings. The van der Waals surface area contributed by atoms with Gasteiger partial charge in [0.05, 0.1) is 17.6 Å². The number of ether oxygens (including phenoxy) is 1. The van der Waals surface area contributed by atoms with Crippen LogP contribution in [0.2, 0.25) is 0 Å². The molecular weight excluding hydrogens is 484 g/mol. The van der Waals surface area contributed by atoms with E-state index in [1.54, 1.807) is 42.5 Å². The van der Waals surface area contributed by atoms with Crippen molar-refractivity contribution in [3.63, 3.8) is 0 Å². The van der Waals surface area contributed by atoms with Crippen molar-refractivity contribution in [2.45, 2.75) is 25.9 Å². The topological polar surface area (TPSA) is 130 Å². The maximum Gasteiger partial charge on any atom is 0.293 e. The van der Waals surface area contributed by atoms with Crippen LogP contribution >= 0.6 is 12.2 Å². The molecule has 2 heterocycles. The van der Waals surface area contributed by atoms with Crippen molar-refractivity contribution in [3.05, 3.63) is 70.0 Å². The Balaban J connectivity index is 1.48. The highest BCUT2D eigenvalue weighted by Crippen LogP contribution is 2.34. The van der Waals surface area contributed by atoms with Gasteiger partial charge in [0.2, 0.25) is 0 Å². The fourth-order valence-corrected chi connectivity index (χ4v) is 4.35. The quantitative estimate of drug-likeness (QED) is 0.239. The smallest absolute Gasteiger partial charge is 0.293 e. The molecule has 1 aromatic heterocycles. The van der Waals surface area contributed by atoms with Gasteiger partial charge >= 0.3 is 0 Å². The number of piperidine rings is 1. The molecule has 11 heteroatoms. The lowest BCUT2D eigenvalue weighted by molar-refractivity contribution is -0.384. The normalized spacial score (nSPS) is 13.2. The van der Waals surface area contributed by atoms with Crippen molar-refractivity contribution in [1.29, 1.82) is 0 Å². The number of hydrogen-bond acceptors (Lipinski definition) is 8. The first-order chi connectivity index (χ1) is 17.4. The minimum absolute atomic E-state index is 0.0226. The lowest BCUT2D eigenvalue weighted by Crippen LogP contribution is -2.34. The van der Waals surface area contributed by atoms with Crippen LogP contribution in [0.1, 0.15) is 35.4 Å². The van der Waals surface area contributed by atoms with Crippen LogP contribution in [0.3, 0.4) is 0 Å². The fraction of sp³-hybridized carbons (Fsp3) is 0.280. The van der Waals surface area contributed by atoms with Crippen LogP contribution < -0.4 is 20.3 Å². The number of benzene rings is 2. The van der Waals surface area contributed by atoms with E-state index >= 15 is 0 Å². The number of anilines is 2. The average Bonchev–Trinajstić information content (AvgIpc) is 3.38. The van der Waals surface area contributed by atoms with E-state index < -0.39 is 10.8 Å². The Labute approximate surface area is 213 Å². The summed E-state index contributed by atoms with van der Waals surface area (Å²) in [5, 5.41) is 26.5. The van der Waals surface area contributed by atoms with Gasteiger partial charge in [0.25, 0.3) is 11.6 Å². The van der Waals surface area contributed by atoms with Gasteiger partial charge in [0, 0.05) is 30.4 Å². The number of aliphatic hydroxyl groups excluding tert-OH is 1. The molecule has 3 N–H and O–H groups in total. The number of carbonyl (C=O) groups is 1. The predicted octanol–water partition coefficient (Wildman–Crippen LogP) is 4.47. The summed E-state index contributed by atoms with van der Waals surface area (Å²) < 4.78 is 11.0. The Hall–Kier alpha value is -3.96. The third kappa shape index (κ3) is 5.64. The summed E-state index contributed by atoms with van der Waals surface area (Å²) in [7, 11) is 1.53. The number of nitrogens with one attached hydrogen (secondary N) is 2. The second kappa shape index (κ2) is 11.2. The van der Waals surface area contributed by atoms with Crippen LogP contribution in [0, 0.1) is 10.1 Å². The molecule has 10 nitrogen and oxygen atoms in total. The molecule has 0 radical (unpaired) electrons. The lowest BCUT2D eigenvalue weighted by atomic mass is 10.1. The van der Waals surface area contributed by atoms with E-state index in [9.17, 15) is 20.0 Å². The van der Waals surface area contributed by atoms with Gasteiger partial charge in [0.15, 0.2) is 5.11 Å². The molecule has 0 saturated carbocycles. The first-order valence-electron chi connectivity index (χ1n) is 11.4. The minimum Gasteiger partial charge on any atom is -0.496 e. The number of nitrogens with zero attached hydrogens (tertiary/aromatic N) is 2. The van der Waals surface area contributed by atoms with Crippen LogP contribution in [0.4, 0.5) is 17.1 Å². The summed E-state index contributed by atoms with van der Waals surface area (Å²) in [6.07, 6.45) is 3.07. The van der Waals surface area contributed by atoms with Gasteiger partial charge < -0.3 is 24.5 Å². The van der Waals surface area contributed by atoms with Crippen LogP contribution in [-0.4, -0.2) is 41.2 Å². The lowest BCUT2D eigenvalue weighted by Gasteiger charge is -2.28. The van der Waals surface area contributed by atoms with Crippen molar-refractivity contribution in [2.75, 3.05) is 30.4 Å². The zero-order valence-electron chi connectivity index (χ0n) is 19.7. The molecule has 0 spiro atoms. The molecule has 2 aromatic carbocycles. The van der Waals surface area contributed by atoms with E-state index in [0.717, 1.165) is 32.4 Å². The third-order valence-electron chi connectivity index (χ3n) is 5.90. The van der Waals surface area contributed by atoms with Gasteiger partial charge in [-0.2, -0.15) is 0 Å². The Kier molecular flexibility index (Phi) is 7.81. The van der Waals surface area contributed by atoms with Crippen LogP contribution in [0.15, 0.2) is 52.9 Å². The fourth-order valence-electron chi connectivity index (χ4n) is 4.14. The number of aliphatic hydroxyl groups is 1. The maximum absolute atomic E-state index is 12.8. The number of carbonyl (C=O) groups excluding carboxylic acids is 1. The third-order valence-corrected chi connectivity index (χ3v) is 6.10. The molecular formula is C25H26N4O6S. The zero-order valence-corrected chi connectivity index (χ0v) is 20.5. The Morgan fingerprint density at radius 2 is 1.94 bits per heavy atom. The van der Waals surface area contributed by atoms with E-state index in [1.807, 2.05) is 4.90 Å². The molecule has 1 fully saturated rings. The van der Waals surface area contributed by atoms with Crippen molar-refractivity contribution in [3.8, 4) is 17.1 Å². The molecule has 1 saturated heterocycles. The highest BCUT2D eigenvalue weighted by Gasteiger charge is 2.23. The first kappa shape index (κ1) is 25.1. The molecule has 0 aliphatic carbocycles. The van der Waals surface area contributed by atoms with Crippen molar-refractivity contribution >= 4 is 40.3 Å². The van der Waals surface area contributed by atoms with Gasteiger partial charge in [0.1, 0.15) is 29.6 Å². The Bertz CT molecular complexity index is 1290. The number of rotatable bonds is 7. The SMILES string of the molecule is COc1ccc(NC(=S)NC(=O)c2ccc(N3CCCCC3)c([N+](=O)[O-])c2)cc1-c1ccc(CO)o1. The zero-order chi connectivity index (χ0) is 25.7. The van der Waals surface area contributed by atoms with Crippen molar-refractivity contribution in [1.82, 2.24) is 5.32 Å². The van der Waals surface area contributed by atoms with Crippen LogP contribution in [-0.2, 0) is 6.61 Å². The molecule has 3 aromatic rings. The summed E-state index contributed by atoms with van der Waals surface area (Å²) in [5.41, 5.74) is 1.73. The number of furan rings is 1. The molecule has 188 valence electrons. The molecule has 1 amide bonds. The second-order valence-electron chi connectivity index (χ2n) is 8.26. The van der Waals surface area contributed by atoms with Crippen molar-refractivity contribution in [2.24, 2.45) is 0 Å². The molecule has 0 unspecified atom stereocenters. The van der Waals surface area contributed by atoms with Gasteiger partial charge in [-0.15, -0.1) is 0 Å². The van der Waals surface area contributed by atoms with E-state index in [-0.39, 0.29) is 23.0 Å². The molecule has 0 atom stereocenters. The van der Waals surface area contributed by atoms with Crippen molar-refractivity contribution < 1.29 is 24.0 Å². The second-order valence-corrected chi connectivity index (χ2v) is 8.66. The maximum atomic E-state index is 12.8. The largest absolute Gasteiger partial charge is 0.496 e. The summed E-state index contributed by atoms with van der Waals surface area (Å²) in [6, 6.07) is 13.0. The Morgan fingerprint density at radius 1 is 1.17 bits per heavy atom. The van der Waals surface area contributed by atoms with E-state index in [4.69, 9.17) is 21.4 Å². The summed E-state index contributed by atoms with van der Waals surface area (Å²) >= 11 is 5.30. The molecule has 36 heavy (non-hydrogen) atoms. The first-order valence-corrected chi connectivity index (χ1v) is 11.8. The molecule has 4 rings (SSSR count). The van der Waals surface area contributed by atoms with Gasteiger partial charge in [-0.3, -0.25) is 20.2 Å². The van der Waals surface area contributed by atoms with E-state index in [1.165, 1.54) is 13.2 Å². The summed E-state index contributed by atoms with van der Waals surface area (Å²) in [6.45, 7) is 1.28. The molecule has 1 aliphatic heterocycles. The number of hydrogen-bond donors (Lipinski definition) is 3. The minimum atomic E-state index is -0.562. The van der Waals surface area contributed by atoms with Crippen LogP contribution in [0.5, 0.6) is 5.75 Å². The Morgan fingerprint density at radius 3 is 2.61 bits per heavy atom. The number of thiocarbonyl (C=S) groups is 1. The van der Waals surface area contributed by atoms with Gasteiger partial charge in [-0.1, -0.05) is 0 Å². The summed E-state index contributed by atoms with van der Waals surface area (Å²) in [4.78, 5) is 26.0. The number of nitro benzene ring substituents is 1. The highest BCUT2D eigenvalue weighted by molar-refractivity contribution is 7.80. The monoisotopic (exact) mass is 510 g/mol. The van der Waals surface area contributed by atoms with E-state index in [2.05, 4.69) is 10.6 Å². The number of amides is 1. The molecule has 0 bridgehead atoms. The predicted molar refractivity (Wildman–Crippen MR) is 139 cm³/mol. The summed E-state index contributed by atoms with van der Waals surface area (Å²) in [5.74, 6) is 0.896. The number of nitro groups is 1. The van der Waals surface area contributed by atoms with Crippen LogP contribution in [0.25, 0.3) is 11.3 Å². The highest BCUT2D eigenvalue weighted by atomic mass is 32.1. The number of methoxy groups -OCH3 is 1. The standard InChI is InChI=1S/C25H26N4O6S/c1-34-22-9-6-17(14-19(22)23-10-7-18(15-30)35-23)26-25(36)27-24(31)16-5-8-20(21(13-16)29(32)33)28-11-3-2-4-12-28/h5-10,13-14,30H,2-4,11-12,15H2,1H3,(H2,26,27,31,36).